The van der Waals surface area contributed by atoms with E-state index in [4.69, 9.17) is 0 Å². The number of anilines is 2. The van der Waals surface area contributed by atoms with Gasteiger partial charge in [0, 0.05) is 24.6 Å². The highest BCUT2D eigenvalue weighted by Crippen LogP contribution is 2.17. The number of carbonyl (C=O) groups is 1. The number of rotatable bonds is 3. The van der Waals surface area contributed by atoms with E-state index in [1.807, 2.05) is 30.3 Å². The third-order valence-corrected chi connectivity index (χ3v) is 3.44. The molecule has 1 aromatic carbocycles. The van der Waals surface area contributed by atoms with Gasteiger partial charge < -0.3 is 15.3 Å². The van der Waals surface area contributed by atoms with Gasteiger partial charge >= 0.3 is 0 Å². The summed E-state index contributed by atoms with van der Waals surface area (Å²) in [7, 11) is 0. The van der Waals surface area contributed by atoms with Gasteiger partial charge in [0.1, 0.15) is 12.3 Å². The van der Waals surface area contributed by atoms with Gasteiger partial charge in [-0.05, 0) is 12.1 Å². The number of β-amino-alcohol motifs (C(OH)–C–C–N with tert-alkyl or cyclic N) is 1. The Kier molecular flexibility index (Phi) is 3.97. The Bertz CT molecular complexity index is 640. The summed E-state index contributed by atoms with van der Waals surface area (Å²) in [6, 6.07) is 9.40. The zero-order valence-corrected chi connectivity index (χ0v) is 11.7. The molecule has 2 heterocycles. The lowest BCUT2D eigenvalue weighted by Gasteiger charge is -2.14. The zero-order chi connectivity index (χ0) is 15.5. The van der Waals surface area contributed by atoms with Crippen molar-refractivity contribution in [2.75, 3.05) is 18.4 Å². The second-order valence-electron chi connectivity index (χ2n) is 5.08. The number of likely N-dealkylation sites (tertiary alicyclic amines) is 1. The van der Waals surface area contributed by atoms with Crippen molar-refractivity contribution in [2.24, 2.45) is 0 Å². The number of halogens is 1. The Balaban J connectivity index is 1.68. The van der Waals surface area contributed by atoms with Gasteiger partial charge in [0.25, 0.3) is 5.91 Å². The van der Waals surface area contributed by atoms with Crippen molar-refractivity contribution in [2.45, 2.75) is 12.3 Å². The van der Waals surface area contributed by atoms with E-state index in [9.17, 15) is 14.3 Å². The third-order valence-electron chi connectivity index (χ3n) is 3.44. The number of carbonyl (C=O) groups excluding carboxylic acids is 1. The van der Waals surface area contributed by atoms with E-state index >= 15 is 0 Å². The Morgan fingerprint density at radius 3 is 2.50 bits per heavy atom. The van der Waals surface area contributed by atoms with Gasteiger partial charge in [0.15, 0.2) is 0 Å². The summed E-state index contributed by atoms with van der Waals surface area (Å²) in [5, 5.41) is 12.4. The summed E-state index contributed by atoms with van der Waals surface area (Å²) in [4.78, 5) is 21.6. The molecule has 1 fully saturated rings. The Labute approximate surface area is 126 Å². The van der Waals surface area contributed by atoms with Gasteiger partial charge in [-0.2, -0.15) is 0 Å². The number of amides is 1. The Morgan fingerprint density at radius 1 is 1.23 bits per heavy atom. The molecule has 0 unspecified atom stereocenters. The summed E-state index contributed by atoms with van der Waals surface area (Å²) in [6.07, 6.45) is 0.254. The molecule has 7 heteroatoms. The summed E-state index contributed by atoms with van der Waals surface area (Å²) in [6.45, 7) is -0.117. The first-order chi connectivity index (χ1) is 10.6. The largest absolute Gasteiger partial charge is 0.388 e. The van der Waals surface area contributed by atoms with Crippen LogP contribution in [0.25, 0.3) is 0 Å². The lowest BCUT2D eigenvalue weighted by atomic mass is 10.3. The van der Waals surface area contributed by atoms with Crippen molar-refractivity contribution < 1.29 is 14.3 Å². The van der Waals surface area contributed by atoms with Crippen molar-refractivity contribution in [3.8, 4) is 0 Å². The minimum atomic E-state index is -1.40. The summed E-state index contributed by atoms with van der Waals surface area (Å²) < 4.78 is 13.3. The van der Waals surface area contributed by atoms with Gasteiger partial charge in [-0.1, -0.05) is 18.2 Å². The smallest absolute Gasteiger partial charge is 0.257 e. The molecule has 0 aliphatic carbocycles. The predicted octanol–water partition coefficient (Wildman–Crippen LogP) is 1.37. The highest BCUT2D eigenvalue weighted by atomic mass is 19.1. The van der Waals surface area contributed by atoms with E-state index in [1.54, 1.807) is 0 Å². The van der Waals surface area contributed by atoms with Crippen LogP contribution in [-0.2, 0) is 0 Å². The maximum Gasteiger partial charge on any atom is 0.257 e. The van der Waals surface area contributed by atoms with E-state index in [1.165, 1.54) is 17.3 Å². The van der Waals surface area contributed by atoms with Gasteiger partial charge in [-0.15, -0.1) is 0 Å². The number of aliphatic hydroxyl groups excluding tert-OH is 1. The molecule has 1 aromatic heterocycles. The third kappa shape index (κ3) is 3.04. The highest BCUT2D eigenvalue weighted by Gasteiger charge is 2.34. The molecule has 0 bridgehead atoms. The monoisotopic (exact) mass is 302 g/mol. The quantitative estimate of drug-likeness (QED) is 0.895. The van der Waals surface area contributed by atoms with Crippen molar-refractivity contribution in [3.63, 3.8) is 0 Å². The fourth-order valence-electron chi connectivity index (χ4n) is 2.25. The zero-order valence-electron chi connectivity index (χ0n) is 11.7. The van der Waals surface area contributed by atoms with Gasteiger partial charge in [-0.3, -0.25) is 4.79 Å². The van der Waals surface area contributed by atoms with E-state index in [-0.39, 0.29) is 24.6 Å². The highest BCUT2D eigenvalue weighted by molar-refractivity contribution is 5.94. The van der Waals surface area contributed by atoms with Gasteiger partial charge in [0.2, 0.25) is 5.95 Å². The number of hydrogen-bond acceptors (Lipinski definition) is 5. The molecule has 2 aromatic rings. The molecule has 22 heavy (non-hydrogen) atoms. The van der Waals surface area contributed by atoms with Crippen LogP contribution in [0.4, 0.5) is 16.0 Å². The molecule has 1 aliphatic heterocycles. The molecule has 1 saturated heterocycles. The number of aliphatic hydroxyl groups is 1. The van der Waals surface area contributed by atoms with Crippen LogP contribution < -0.4 is 5.32 Å². The van der Waals surface area contributed by atoms with Crippen molar-refractivity contribution in [3.05, 3.63) is 48.3 Å². The Morgan fingerprint density at radius 2 is 1.91 bits per heavy atom. The van der Waals surface area contributed by atoms with Crippen LogP contribution in [0.2, 0.25) is 0 Å². The van der Waals surface area contributed by atoms with Gasteiger partial charge in [0.05, 0.1) is 12.1 Å². The topological polar surface area (TPSA) is 78.4 Å². The molecule has 0 radical (unpaired) electrons. The van der Waals surface area contributed by atoms with Crippen LogP contribution in [0, 0.1) is 0 Å². The van der Waals surface area contributed by atoms with Crippen molar-refractivity contribution in [1.29, 1.82) is 0 Å². The molecule has 2 N–H and O–H groups in total. The second kappa shape index (κ2) is 6.07. The first kappa shape index (κ1) is 14.4. The number of nitrogens with zero attached hydrogens (tertiary/aromatic N) is 3. The SMILES string of the molecule is O=C(c1cnc(Nc2ccccc2)nc1)N1C[C@@H](O)[C@H](F)C1. The average Bonchev–Trinajstić information content (AvgIpc) is 2.88. The standard InChI is InChI=1S/C15H15FN4O2/c16-12-8-20(9-13(12)21)14(22)10-6-17-15(18-7-10)19-11-4-2-1-3-5-11/h1-7,12-13,21H,8-9H2,(H,17,18,19)/t12-,13-/m1/s1. The van der Waals surface area contributed by atoms with E-state index in [0.717, 1.165) is 5.69 Å². The van der Waals surface area contributed by atoms with Crippen LogP contribution in [-0.4, -0.2) is 51.2 Å². The summed E-state index contributed by atoms with van der Waals surface area (Å²) in [5.74, 6) is -0.0157. The van der Waals surface area contributed by atoms with Crippen LogP contribution >= 0.6 is 0 Å². The maximum atomic E-state index is 13.3. The molecule has 1 amide bonds. The van der Waals surface area contributed by atoms with E-state index in [2.05, 4.69) is 15.3 Å². The first-order valence-corrected chi connectivity index (χ1v) is 6.89. The summed E-state index contributed by atoms with van der Waals surface area (Å²) >= 11 is 0. The van der Waals surface area contributed by atoms with Gasteiger partial charge in [-0.25, -0.2) is 14.4 Å². The molecule has 0 saturated carbocycles. The number of nitrogens with one attached hydrogen (secondary N) is 1. The van der Waals surface area contributed by atoms with Crippen LogP contribution in [0.5, 0.6) is 0 Å². The van der Waals surface area contributed by atoms with E-state index < -0.39 is 12.3 Å². The molecule has 1 aliphatic rings. The first-order valence-electron chi connectivity index (χ1n) is 6.89. The molecular weight excluding hydrogens is 287 g/mol. The minimum Gasteiger partial charge on any atom is -0.388 e. The molecule has 114 valence electrons. The van der Waals surface area contributed by atoms with Crippen LogP contribution in [0.1, 0.15) is 10.4 Å². The number of benzene rings is 1. The molecule has 0 spiro atoms. The number of alkyl halides is 1. The molecular formula is C15H15FN4O2. The lowest BCUT2D eigenvalue weighted by Crippen LogP contribution is -2.29. The number of hydrogen-bond donors (Lipinski definition) is 2. The second-order valence-corrected chi connectivity index (χ2v) is 5.08. The normalized spacial score (nSPS) is 20.9. The summed E-state index contributed by atoms with van der Waals surface area (Å²) in [5.41, 5.74) is 1.10. The number of aromatic nitrogens is 2. The van der Waals surface area contributed by atoms with E-state index in [0.29, 0.717) is 5.95 Å². The van der Waals surface area contributed by atoms with Crippen LogP contribution in [0.3, 0.4) is 0 Å². The predicted molar refractivity (Wildman–Crippen MR) is 78.6 cm³/mol. The lowest BCUT2D eigenvalue weighted by molar-refractivity contribution is 0.0763. The average molecular weight is 302 g/mol. The number of para-hydroxylation sites is 1. The molecule has 2 atom stereocenters. The minimum absolute atomic E-state index is 0.00990. The van der Waals surface area contributed by atoms with Crippen molar-refractivity contribution in [1.82, 2.24) is 14.9 Å². The fourth-order valence-corrected chi connectivity index (χ4v) is 2.25. The molecule has 3 rings (SSSR count). The Hall–Kier alpha value is -2.54. The molecule has 6 nitrogen and oxygen atoms in total. The van der Waals surface area contributed by atoms with Crippen LogP contribution in [0.15, 0.2) is 42.7 Å². The fraction of sp³-hybridized carbons (Fsp3) is 0.267. The maximum absolute atomic E-state index is 13.3. The van der Waals surface area contributed by atoms with Crippen molar-refractivity contribution >= 4 is 17.5 Å².